The fourth-order valence-electron chi connectivity index (χ4n) is 2.90. The van der Waals surface area contributed by atoms with Gasteiger partial charge in [0, 0.05) is 49.1 Å². The summed E-state index contributed by atoms with van der Waals surface area (Å²) in [5, 5.41) is 12.2. The molecular formula is C21H23N5O2. The summed E-state index contributed by atoms with van der Waals surface area (Å²) < 4.78 is 0. The van der Waals surface area contributed by atoms with Gasteiger partial charge in [-0.25, -0.2) is 4.98 Å². The third-order valence-electron chi connectivity index (χ3n) is 4.55. The number of aromatic nitrogens is 3. The van der Waals surface area contributed by atoms with Crippen molar-refractivity contribution in [2.24, 2.45) is 0 Å². The van der Waals surface area contributed by atoms with Gasteiger partial charge in [-0.3, -0.25) is 14.7 Å². The number of carbonyl (C=O) groups excluding carboxylic acids is 2. The highest BCUT2D eigenvalue weighted by molar-refractivity contribution is 5.98. The molecule has 0 saturated heterocycles. The summed E-state index contributed by atoms with van der Waals surface area (Å²) >= 11 is 0. The highest BCUT2D eigenvalue weighted by Gasteiger charge is 2.18. The first-order valence-corrected chi connectivity index (χ1v) is 9.14. The summed E-state index contributed by atoms with van der Waals surface area (Å²) in [4.78, 5) is 29.3. The van der Waals surface area contributed by atoms with E-state index in [0.29, 0.717) is 24.2 Å². The lowest BCUT2D eigenvalue weighted by Gasteiger charge is -2.14. The molecule has 1 aromatic carbocycles. The smallest absolute Gasteiger partial charge is 0.269 e. The average Bonchev–Trinajstić information content (AvgIpc) is 3.26. The maximum absolute atomic E-state index is 12.7. The van der Waals surface area contributed by atoms with Gasteiger partial charge in [-0.05, 0) is 23.8 Å². The molecule has 144 valence electrons. The molecule has 0 unspecified atom stereocenters. The van der Waals surface area contributed by atoms with Crippen LogP contribution in [0.4, 0.5) is 0 Å². The second-order valence-electron chi connectivity index (χ2n) is 6.47. The molecule has 0 bridgehead atoms. The second-order valence-corrected chi connectivity index (χ2v) is 6.47. The Morgan fingerprint density at radius 3 is 2.57 bits per heavy atom. The number of hydrogen-bond acceptors (Lipinski definition) is 4. The first-order chi connectivity index (χ1) is 13.6. The van der Waals surface area contributed by atoms with Crippen LogP contribution < -0.4 is 10.6 Å². The van der Waals surface area contributed by atoms with Crippen LogP contribution in [-0.4, -0.2) is 40.6 Å². The van der Waals surface area contributed by atoms with E-state index in [9.17, 15) is 9.59 Å². The lowest BCUT2D eigenvalue weighted by atomic mass is 9.96. The summed E-state index contributed by atoms with van der Waals surface area (Å²) in [5.41, 5.74) is 3.32. The molecule has 0 aliphatic carbocycles. The Labute approximate surface area is 163 Å². The van der Waals surface area contributed by atoms with Gasteiger partial charge in [0.05, 0.1) is 0 Å². The number of aromatic amines is 1. The molecule has 2 amide bonds. The van der Waals surface area contributed by atoms with Crippen LogP contribution in [0, 0.1) is 0 Å². The maximum atomic E-state index is 12.7. The Kier molecular flexibility index (Phi) is 6.16. The van der Waals surface area contributed by atoms with Crippen molar-refractivity contribution in [3.8, 4) is 0 Å². The van der Waals surface area contributed by atoms with Crippen molar-refractivity contribution in [1.29, 1.82) is 0 Å². The van der Waals surface area contributed by atoms with Crippen molar-refractivity contribution in [3.63, 3.8) is 0 Å². The van der Waals surface area contributed by atoms with Crippen LogP contribution in [-0.2, 0) is 6.42 Å². The number of rotatable bonds is 7. The minimum absolute atomic E-state index is 0.0534. The summed E-state index contributed by atoms with van der Waals surface area (Å²) in [7, 11) is 1.54. The monoisotopic (exact) mass is 377 g/mol. The van der Waals surface area contributed by atoms with Gasteiger partial charge < -0.3 is 10.6 Å². The lowest BCUT2D eigenvalue weighted by molar-refractivity contribution is 0.0954. The molecule has 3 rings (SSSR count). The number of nitrogens with one attached hydrogen (secondary N) is 3. The highest BCUT2D eigenvalue weighted by atomic mass is 16.2. The van der Waals surface area contributed by atoms with Crippen molar-refractivity contribution in [2.45, 2.75) is 19.3 Å². The standard InChI is InChI=1S/C21H23N5O2/c1-14(15-6-4-3-5-7-15)18-12-16(13-19(25-18)21(28)22-2)20(27)23-10-8-17-9-11-24-26-17/h3-7,9,11-14H,8,10H2,1-2H3,(H,22,28)(H,23,27)(H,24,26)/t14-/m0/s1. The Morgan fingerprint density at radius 2 is 1.89 bits per heavy atom. The topological polar surface area (TPSA) is 99.8 Å². The van der Waals surface area contributed by atoms with E-state index in [2.05, 4.69) is 25.8 Å². The van der Waals surface area contributed by atoms with E-state index in [4.69, 9.17) is 0 Å². The largest absolute Gasteiger partial charge is 0.354 e. The van der Waals surface area contributed by atoms with Crippen LogP contribution in [0.2, 0.25) is 0 Å². The van der Waals surface area contributed by atoms with Crippen molar-refractivity contribution in [2.75, 3.05) is 13.6 Å². The molecule has 3 N–H and O–H groups in total. The molecule has 0 aliphatic rings. The lowest BCUT2D eigenvalue weighted by Crippen LogP contribution is -2.27. The average molecular weight is 377 g/mol. The predicted octanol–water partition coefficient (Wildman–Crippen LogP) is 2.29. The third kappa shape index (κ3) is 4.62. The second kappa shape index (κ2) is 8.94. The van der Waals surface area contributed by atoms with Crippen LogP contribution in [0.25, 0.3) is 0 Å². The molecule has 7 nitrogen and oxygen atoms in total. The predicted molar refractivity (Wildman–Crippen MR) is 106 cm³/mol. The molecule has 0 radical (unpaired) electrons. The van der Waals surface area contributed by atoms with E-state index in [0.717, 1.165) is 11.3 Å². The molecule has 0 saturated carbocycles. The number of H-pyrrole nitrogens is 1. The number of hydrogen-bond donors (Lipinski definition) is 3. The first-order valence-electron chi connectivity index (χ1n) is 9.14. The van der Waals surface area contributed by atoms with Gasteiger partial charge in [0.15, 0.2) is 0 Å². The van der Waals surface area contributed by atoms with Gasteiger partial charge in [-0.1, -0.05) is 37.3 Å². The zero-order valence-electron chi connectivity index (χ0n) is 15.9. The Balaban J connectivity index is 1.82. The van der Waals surface area contributed by atoms with Crippen molar-refractivity contribution < 1.29 is 9.59 Å². The molecule has 28 heavy (non-hydrogen) atoms. The van der Waals surface area contributed by atoms with E-state index in [1.54, 1.807) is 19.3 Å². The molecule has 3 aromatic rings. The fraction of sp³-hybridized carbons (Fsp3) is 0.238. The summed E-state index contributed by atoms with van der Waals surface area (Å²) in [6.45, 7) is 2.47. The van der Waals surface area contributed by atoms with Crippen molar-refractivity contribution >= 4 is 11.8 Å². The zero-order chi connectivity index (χ0) is 19.9. The number of amides is 2. The van der Waals surface area contributed by atoms with Crippen LogP contribution in [0.3, 0.4) is 0 Å². The Bertz CT molecular complexity index is 939. The maximum Gasteiger partial charge on any atom is 0.269 e. The van der Waals surface area contributed by atoms with Gasteiger partial charge in [-0.15, -0.1) is 0 Å². The third-order valence-corrected chi connectivity index (χ3v) is 4.55. The fourth-order valence-corrected chi connectivity index (χ4v) is 2.90. The van der Waals surface area contributed by atoms with Crippen molar-refractivity contribution in [3.05, 3.63) is 82.9 Å². The molecule has 0 fully saturated rings. The highest BCUT2D eigenvalue weighted by Crippen LogP contribution is 2.23. The number of carbonyl (C=O) groups is 2. The molecular weight excluding hydrogens is 354 g/mol. The summed E-state index contributed by atoms with van der Waals surface area (Å²) in [6, 6.07) is 15.0. The quantitative estimate of drug-likeness (QED) is 0.588. The van der Waals surface area contributed by atoms with Crippen molar-refractivity contribution in [1.82, 2.24) is 25.8 Å². The minimum Gasteiger partial charge on any atom is -0.354 e. The first kappa shape index (κ1) is 19.3. The van der Waals surface area contributed by atoms with E-state index < -0.39 is 0 Å². The van der Waals surface area contributed by atoms with E-state index in [1.165, 1.54) is 6.07 Å². The zero-order valence-corrected chi connectivity index (χ0v) is 15.9. The van der Waals surface area contributed by atoms with E-state index in [1.807, 2.05) is 43.3 Å². The molecule has 2 aromatic heterocycles. The SMILES string of the molecule is CNC(=O)c1cc(C(=O)NCCc2ccn[nH]2)cc([C@@H](C)c2ccccc2)n1. The Morgan fingerprint density at radius 1 is 1.11 bits per heavy atom. The molecule has 0 aliphatic heterocycles. The van der Waals surface area contributed by atoms with Gasteiger partial charge in [-0.2, -0.15) is 5.10 Å². The molecule has 0 spiro atoms. The van der Waals surface area contributed by atoms with Crippen LogP contribution in [0.5, 0.6) is 0 Å². The van der Waals surface area contributed by atoms with Crippen LogP contribution in [0.15, 0.2) is 54.7 Å². The van der Waals surface area contributed by atoms with Gasteiger partial charge in [0.2, 0.25) is 0 Å². The van der Waals surface area contributed by atoms with Gasteiger partial charge in [0.25, 0.3) is 11.8 Å². The van der Waals surface area contributed by atoms with E-state index >= 15 is 0 Å². The van der Waals surface area contributed by atoms with Crippen LogP contribution >= 0.6 is 0 Å². The molecule has 2 heterocycles. The van der Waals surface area contributed by atoms with E-state index in [-0.39, 0.29) is 23.4 Å². The summed E-state index contributed by atoms with van der Waals surface area (Å²) in [6.07, 6.45) is 2.32. The number of pyridine rings is 1. The number of benzene rings is 1. The number of nitrogens with zero attached hydrogens (tertiary/aromatic N) is 2. The summed E-state index contributed by atoms with van der Waals surface area (Å²) in [5.74, 6) is -0.621. The Hall–Kier alpha value is -3.48. The molecule has 7 heteroatoms. The van der Waals surface area contributed by atoms with Crippen LogP contribution in [0.1, 0.15) is 50.6 Å². The normalized spacial score (nSPS) is 11.6. The van der Waals surface area contributed by atoms with Gasteiger partial charge >= 0.3 is 0 Å². The minimum atomic E-state index is -0.325. The molecule has 1 atom stereocenters. The van der Waals surface area contributed by atoms with Gasteiger partial charge in [0.1, 0.15) is 5.69 Å².